The number of benzene rings is 1. The molecule has 1 amide bonds. The summed E-state index contributed by atoms with van der Waals surface area (Å²) in [4.78, 5) is 13.9. The van der Waals surface area contributed by atoms with Gasteiger partial charge in [0.1, 0.15) is 0 Å². The van der Waals surface area contributed by atoms with Crippen LogP contribution in [0.25, 0.3) is 10.9 Å². The monoisotopic (exact) mass is 272 g/mol. The third kappa shape index (κ3) is 2.56. The van der Waals surface area contributed by atoms with Crippen molar-refractivity contribution in [1.29, 1.82) is 0 Å². The first-order valence-electron chi connectivity index (χ1n) is 7.41. The fourth-order valence-corrected chi connectivity index (χ4v) is 3.05. The van der Waals surface area contributed by atoms with Gasteiger partial charge in [0, 0.05) is 24.1 Å². The molecule has 1 fully saturated rings. The van der Waals surface area contributed by atoms with Crippen molar-refractivity contribution in [2.75, 3.05) is 19.8 Å². The molecule has 1 aromatic carbocycles. The molecule has 1 aliphatic heterocycles. The van der Waals surface area contributed by atoms with Crippen LogP contribution in [0.5, 0.6) is 0 Å². The van der Waals surface area contributed by atoms with Gasteiger partial charge in [-0.15, -0.1) is 0 Å². The molecule has 3 rings (SSSR count). The van der Waals surface area contributed by atoms with Crippen LogP contribution in [0.15, 0.2) is 30.5 Å². The Bertz CT molecular complexity index is 611. The molecule has 0 radical (unpaired) electrons. The normalized spacial score (nSPS) is 16.4. The third-order valence-corrected chi connectivity index (χ3v) is 4.20. The minimum Gasteiger partial charge on any atom is -0.350 e. The molecule has 0 atom stereocenters. The Morgan fingerprint density at radius 1 is 1.25 bits per heavy atom. The van der Waals surface area contributed by atoms with Gasteiger partial charge >= 0.3 is 0 Å². The molecular weight excluding hydrogens is 250 g/mol. The molecule has 1 aliphatic rings. The number of hydrogen-bond acceptors (Lipinski definition) is 1. The van der Waals surface area contributed by atoms with Crippen molar-refractivity contribution in [2.45, 2.75) is 19.3 Å². The Hall–Kier alpha value is -1.81. The molecule has 0 aliphatic carbocycles. The highest BCUT2D eigenvalue weighted by Crippen LogP contribution is 2.19. The summed E-state index contributed by atoms with van der Waals surface area (Å²) in [5, 5.41) is 4.11. The van der Waals surface area contributed by atoms with Crippen molar-refractivity contribution in [2.24, 2.45) is 7.05 Å². The van der Waals surface area contributed by atoms with Crippen molar-refractivity contribution in [3.63, 3.8) is 0 Å². The van der Waals surface area contributed by atoms with E-state index in [9.17, 15) is 4.79 Å². The largest absolute Gasteiger partial charge is 0.350 e. The first kappa shape index (κ1) is 13.2. The molecule has 0 unspecified atom stereocenters. The molecular formula is C16H22N3O+. The lowest BCUT2D eigenvalue weighted by molar-refractivity contribution is -0.906. The number of para-hydroxylation sites is 1. The van der Waals surface area contributed by atoms with E-state index in [4.69, 9.17) is 0 Å². The zero-order valence-electron chi connectivity index (χ0n) is 12.0. The van der Waals surface area contributed by atoms with Crippen molar-refractivity contribution in [3.8, 4) is 0 Å². The summed E-state index contributed by atoms with van der Waals surface area (Å²) in [6.07, 6.45) is 5.81. The lowest BCUT2D eigenvalue weighted by Crippen LogP contribution is -3.14. The van der Waals surface area contributed by atoms with Crippen LogP contribution >= 0.6 is 0 Å². The van der Waals surface area contributed by atoms with Gasteiger partial charge in [-0.25, -0.2) is 0 Å². The molecule has 4 heteroatoms. The van der Waals surface area contributed by atoms with Crippen molar-refractivity contribution >= 4 is 16.8 Å². The third-order valence-electron chi connectivity index (χ3n) is 4.20. The smallest absolute Gasteiger partial charge is 0.257 e. The second kappa shape index (κ2) is 5.67. The maximum Gasteiger partial charge on any atom is 0.257 e. The first-order valence-corrected chi connectivity index (χ1v) is 7.41. The molecule has 2 N–H and O–H groups in total. The average Bonchev–Trinajstić information content (AvgIpc) is 2.84. The van der Waals surface area contributed by atoms with E-state index in [1.165, 1.54) is 37.3 Å². The molecule has 20 heavy (non-hydrogen) atoms. The zero-order chi connectivity index (χ0) is 13.9. The van der Waals surface area contributed by atoms with Crippen LogP contribution in [0, 0.1) is 0 Å². The predicted octanol–water partition coefficient (Wildman–Crippen LogP) is 0.934. The molecule has 1 aromatic heterocycles. The van der Waals surface area contributed by atoms with Gasteiger partial charge in [0.2, 0.25) is 0 Å². The van der Waals surface area contributed by atoms with E-state index in [-0.39, 0.29) is 5.91 Å². The van der Waals surface area contributed by atoms with Crippen LogP contribution in [-0.2, 0) is 7.05 Å². The van der Waals surface area contributed by atoms with E-state index < -0.39 is 0 Å². The van der Waals surface area contributed by atoms with Crippen molar-refractivity contribution in [1.82, 2.24) is 9.88 Å². The average molecular weight is 272 g/mol. The van der Waals surface area contributed by atoms with Crippen LogP contribution in [0.1, 0.15) is 29.6 Å². The molecule has 2 aromatic rings. The lowest BCUT2D eigenvalue weighted by atomic mass is 10.1. The summed E-state index contributed by atoms with van der Waals surface area (Å²) in [7, 11) is 1.98. The van der Waals surface area contributed by atoms with Gasteiger partial charge in [0.15, 0.2) is 6.67 Å². The van der Waals surface area contributed by atoms with Crippen LogP contribution in [-0.4, -0.2) is 30.2 Å². The van der Waals surface area contributed by atoms with E-state index in [0.717, 1.165) is 23.1 Å². The molecule has 4 nitrogen and oxygen atoms in total. The van der Waals surface area contributed by atoms with Gasteiger partial charge in [0.05, 0.1) is 18.7 Å². The molecule has 0 saturated carbocycles. The SMILES string of the molecule is Cn1cc(C(=O)NC[NH+]2CCCCC2)c2ccccc21. The fourth-order valence-electron chi connectivity index (χ4n) is 3.05. The number of amides is 1. The van der Waals surface area contributed by atoms with Gasteiger partial charge in [-0.3, -0.25) is 4.79 Å². The van der Waals surface area contributed by atoms with Gasteiger partial charge in [-0.1, -0.05) is 18.2 Å². The predicted molar refractivity (Wildman–Crippen MR) is 79.8 cm³/mol. The van der Waals surface area contributed by atoms with Crippen LogP contribution < -0.4 is 10.2 Å². The molecule has 0 spiro atoms. The highest BCUT2D eigenvalue weighted by molar-refractivity contribution is 6.06. The topological polar surface area (TPSA) is 38.5 Å². The van der Waals surface area contributed by atoms with Gasteiger partial charge in [-0.2, -0.15) is 0 Å². The van der Waals surface area contributed by atoms with Gasteiger partial charge in [0.25, 0.3) is 5.91 Å². The number of nitrogens with zero attached hydrogens (tertiary/aromatic N) is 1. The number of hydrogen-bond donors (Lipinski definition) is 2. The van der Waals surface area contributed by atoms with Gasteiger partial charge < -0.3 is 14.8 Å². The fraction of sp³-hybridized carbons (Fsp3) is 0.438. The Labute approximate surface area is 119 Å². The Kier molecular flexibility index (Phi) is 3.74. The summed E-state index contributed by atoms with van der Waals surface area (Å²) >= 11 is 0. The highest BCUT2D eigenvalue weighted by Gasteiger charge is 2.17. The second-order valence-corrected chi connectivity index (χ2v) is 5.66. The minimum absolute atomic E-state index is 0.0415. The quantitative estimate of drug-likeness (QED) is 0.857. The minimum atomic E-state index is 0.0415. The Morgan fingerprint density at radius 3 is 2.80 bits per heavy atom. The number of nitrogens with one attached hydrogen (secondary N) is 2. The maximum absolute atomic E-state index is 12.4. The summed E-state index contributed by atoms with van der Waals surface area (Å²) in [6, 6.07) is 8.04. The number of carbonyl (C=O) groups excluding carboxylic acids is 1. The Morgan fingerprint density at radius 2 is 2.00 bits per heavy atom. The number of carbonyl (C=O) groups is 1. The standard InChI is InChI=1S/C16H21N3O/c1-18-11-14(13-7-3-4-8-15(13)18)16(20)17-12-19-9-5-2-6-10-19/h3-4,7-8,11H,2,5-6,9-10,12H2,1H3,(H,17,20)/p+1. The molecule has 0 bridgehead atoms. The van der Waals surface area contributed by atoms with Crippen LogP contribution in [0.2, 0.25) is 0 Å². The molecule has 106 valence electrons. The number of rotatable bonds is 3. The summed E-state index contributed by atoms with van der Waals surface area (Å²) in [6.45, 7) is 3.09. The number of aryl methyl sites for hydroxylation is 1. The van der Waals surface area contributed by atoms with E-state index >= 15 is 0 Å². The molecule has 2 heterocycles. The number of fused-ring (bicyclic) bond motifs is 1. The van der Waals surface area contributed by atoms with E-state index in [0.29, 0.717) is 0 Å². The number of likely N-dealkylation sites (tertiary alicyclic amines) is 1. The molecule has 1 saturated heterocycles. The lowest BCUT2D eigenvalue weighted by Gasteiger charge is -2.23. The zero-order valence-corrected chi connectivity index (χ0v) is 12.0. The van der Waals surface area contributed by atoms with Crippen LogP contribution in [0.3, 0.4) is 0 Å². The van der Waals surface area contributed by atoms with E-state index in [1.807, 2.05) is 42.1 Å². The number of aromatic nitrogens is 1. The summed E-state index contributed by atoms with van der Waals surface area (Å²) in [5.41, 5.74) is 1.88. The number of piperidine rings is 1. The Balaban J connectivity index is 1.72. The van der Waals surface area contributed by atoms with E-state index in [1.54, 1.807) is 0 Å². The van der Waals surface area contributed by atoms with Crippen molar-refractivity contribution < 1.29 is 9.69 Å². The highest BCUT2D eigenvalue weighted by atomic mass is 16.1. The summed E-state index contributed by atoms with van der Waals surface area (Å²) < 4.78 is 2.01. The summed E-state index contributed by atoms with van der Waals surface area (Å²) in [5.74, 6) is 0.0415. The second-order valence-electron chi connectivity index (χ2n) is 5.66. The van der Waals surface area contributed by atoms with Crippen molar-refractivity contribution in [3.05, 3.63) is 36.0 Å². The maximum atomic E-state index is 12.4. The van der Waals surface area contributed by atoms with Gasteiger partial charge in [-0.05, 0) is 25.3 Å². The first-order chi connectivity index (χ1) is 9.75. The van der Waals surface area contributed by atoms with Crippen LogP contribution in [0.4, 0.5) is 0 Å². The number of quaternary nitrogens is 1. The van der Waals surface area contributed by atoms with E-state index in [2.05, 4.69) is 5.32 Å².